The monoisotopic (exact) mass is 361 g/mol. The van der Waals surface area contributed by atoms with Crippen LogP contribution >= 0.6 is 0 Å². The average molecular weight is 362 g/mol. The third-order valence-electron chi connectivity index (χ3n) is 4.55. The molecule has 1 heterocycles. The number of alkyl carbamates (subject to hydrolysis) is 1. The number of unbranched alkanes of at least 4 members (excludes halogenated alkanes) is 1. The minimum Gasteiger partial charge on any atom is -0.444 e. The first-order valence-corrected chi connectivity index (χ1v) is 9.86. The van der Waals surface area contributed by atoms with Crippen molar-refractivity contribution >= 4 is 6.09 Å². The number of likely N-dealkylation sites (tertiary alicyclic amines) is 1. The molecule has 1 aliphatic heterocycles. The number of ether oxygens (including phenoxy) is 1. The van der Waals surface area contributed by atoms with E-state index in [4.69, 9.17) is 4.74 Å². The molecule has 2 rings (SSSR count). The number of rotatable bonds is 9. The van der Waals surface area contributed by atoms with Crippen LogP contribution in [0.2, 0.25) is 0 Å². The maximum Gasteiger partial charge on any atom is 0.407 e. The molecule has 0 spiro atoms. The molecule has 0 aliphatic carbocycles. The van der Waals surface area contributed by atoms with Crippen molar-refractivity contribution in [1.29, 1.82) is 0 Å². The Morgan fingerprint density at radius 3 is 2.73 bits per heavy atom. The SMILES string of the molecule is CC(C)(C)OC(=O)NCC1CCN(CCCCNCc2ccccc2)C1. The Hall–Kier alpha value is -1.59. The molecular formula is C21H35N3O2. The largest absolute Gasteiger partial charge is 0.444 e. The molecule has 2 N–H and O–H groups in total. The van der Waals surface area contributed by atoms with E-state index in [1.807, 2.05) is 20.8 Å². The lowest BCUT2D eigenvalue weighted by Crippen LogP contribution is -2.36. The summed E-state index contributed by atoms with van der Waals surface area (Å²) in [6.45, 7) is 11.7. The first-order valence-electron chi connectivity index (χ1n) is 9.86. The van der Waals surface area contributed by atoms with E-state index in [2.05, 4.69) is 45.9 Å². The van der Waals surface area contributed by atoms with E-state index in [1.165, 1.54) is 18.4 Å². The zero-order chi connectivity index (χ0) is 18.8. The second-order valence-electron chi connectivity index (χ2n) is 8.21. The second-order valence-corrected chi connectivity index (χ2v) is 8.21. The highest BCUT2D eigenvalue weighted by atomic mass is 16.6. The van der Waals surface area contributed by atoms with Crippen molar-refractivity contribution in [2.45, 2.75) is 52.2 Å². The standard InChI is InChI=1S/C21H35N3O2/c1-21(2,3)26-20(25)23-16-19-11-14-24(17-19)13-8-7-12-22-15-18-9-5-4-6-10-18/h4-6,9-10,19,22H,7-8,11-17H2,1-3H3,(H,23,25). The van der Waals surface area contributed by atoms with Gasteiger partial charge in [0.05, 0.1) is 0 Å². The number of carbonyl (C=O) groups excluding carboxylic acids is 1. The van der Waals surface area contributed by atoms with Gasteiger partial charge in [-0.05, 0) is 71.1 Å². The minimum absolute atomic E-state index is 0.305. The minimum atomic E-state index is -0.430. The molecule has 0 radical (unpaired) electrons. The molecular weight excluding hydrogens is 326 g/mol. The van der Waals surface area contributed by atoms with E-state index in [0.29, 0.717) is 12.5 Å². The van der Waals surface area contributed by atoms with E-state index in [-0.39, 0.29) is 6.09 Å². The maximum atomic E-state index is 11.7. The Kier molecular flexibility index (Phi) is 8.39. The molecule has 146 valence electrons. The summed E-state index contributed by atoms with van der Waals surface area (Å²) in [7, 11) is 0. The zero-order valence-electron chi connectivity index (χ0n) is 16.6. The molecule has 26 heavy (non-hydrogen) atoms. The number of carbonyl (C=O) groups is 1. The van der Waals surface area contributed by atoms with Gasteiger partial charge in [0.2, 0.25) is 0 Å². The molecule has 1 aromatic rings. The Balaban J connectivity index is 1.48. The summed E-state index contributed by atoms with van der Waals surface area (Å²) in [6.07, 6.45) is 3.26. The van der Waals surface area contributed by atoms with Gasteiger partial charge in [0.15, 0.2) is 0 Å². The van der Waals surface area contributed by atoms with Gasteiger partial charge in [0.25, 0.3) is 0 Å². The van der Waals surface area contributed by atoms with Gasteiger partial charge < -0.3 is 20.3 Å². The lowest BCUT2D eigenvalue weighted by molar-refractivity contribution is 0.0519. The van der Waals surface area contributed by atoms with Gasteiger partial charge in [-0.25, -0.2) is 4.79 Å². The Morgan fingerprint density at radius 1 is 1.23 bits per heavy atom. The Bertz CT molecular complexity index is 528. The molecule has 1 saturated heterocycles. The molecule has 1 fully saturated rings. The summed E-state index contributed by atoms with van der Waals surface area (Å²) in [5, 5.41) is 6.41. The van der Waals surface area contributed by atoms with Crippen LogP contribution in [0.25, 0.3) is 0 Å². The van der Waals surface area contributed by atoms with Crippen molar-refractivity contribution in [3.63, 3.8) is 0 Å². The lowest BCUT2D eigenvalue weighted by atomic mass is 10.1. The van der Waals surface area contributed by atoms with Crippen molar-refractivity contribution in [3.05, 3.63) is 35.9 Å². The van der Waals surface area contributed by atoms with Crippen molar-refractivity contribution in [2.24, 2.45) is 5.92 Å². The van der Waals surface area contributed by atoms with Gasteiger partial charge in [0.1, 0.15) is 5.60 Å². The molecule has 1 atom stereocenters. The molecule has 1 unspecified atom stereocenters. The summed E-state index contributed by atoms with van der Waals surface area (Å²) in [5.74, 6) is 0.540. The number of hydrogen-bond donors (Lipinski definition) is 2. The van der Waals surface area contributed by atoms with Crippen LogP contribution in [0.4, 0.5) is 4.79 Å². The van der Waals surface area contributed by atoms with E-state index in [1.54, 1.807) is 0 Å². The average Bonchev–Trinajstić information content (AvgIpc) is 3.03. The number of nitrogens with zero attached hydrogens (tertiary/aromatic N) is 1. The van der Waals surface area contributed by atoms with Crippen LogP contribution in [-0.4, -0.2) is 49.3 Å². The summed E-state index contributed by atoms with van der Waals surface area (Å²) in [6, 6.07) is 10.5. The van der Waals surface area contributed by atoms with Gasteiger partial charge in [-0.2, -0.15) is 0 Å². The van der Waals surface area contributed by atoms with Crippen LogP contribution in [0, 0.1) is 5.92 Å². The van der Waals surface area contributed by atoms with Crippen LogP contribution in [0.1, 0.15) is 45.6 Å². The van der Waals surface area contributed by atoms with Crippen molar-refractivity contribution in [1.82, 2.24) is 15.5 Å². The number of nitrogens with one attached hydrogen (secondary N) is 2. The second kappa shape index (κ2) is 10.5. The Labute approximate surface area is 158 Å². The van der Waals surface area contributed by atoms with E-state index >= 15 is 0 Å². The van der Waals surface area contributed by atoms with Crippen LogP contribution in [0.15, 0.2) is 30.3 Å². The smallest absolute Gasteiger partial charge is 0.407 e. The first-order chi connectivity index (χ1) is 12.4. The maximum absolute atomic E-state index is 11.7. The quantitative estimate of drug-likeness (QED) is 0.662. The zero-order valence-corrected chi connectivity index (χ0v) is 16.6. The number of hydrogen-bond acceptors (Lipinski definition) is 4. The lowest BCUT2D eigenvalue weighted by Gasteiger charge is -2.21. The summed E-state index contributed by atoms with van der Waals surface area (Å²) >= 11 is 0. The molecule has 0 saturated carbocycles. The fourth-order valence-electron chi connectivity index (χ4n) is 3.24. The van der Waals surface area contributed by atoms with Gasteiger partial charge in [-0.15, -0.1) is 0 Å². The van der Waals surface area contributed by atoms with E-state index in [0.717, 1.165) is 39.1 Å². The third kappa shape index (κ3) is 8.68. The predicted molar refractivity (Wildman–Crippen MR) is 106 cm³/mol. The topological polar surface area (TPSA) is 53.6 Å². The highest BCUT2D eigenvalue weighted by Crippen LogP contribution is 2.16. The van der Waals surface area contributed by atoms with Gasteiger partial charge in [-0.1, -0.05) is 30.3 Å². The van der Waals surface area contributed by atoms with Gasteiger partial charge in [-0.3, -0.25) is 0 Å². The molecule has 1 aromatic carbocycles. The molecule has 1 amide bonds. The normalized spacial score (nSPS) is 18.0. The summed E-state index contributed by atoms with van der Waals surface area (Å²) < 4.78 is 5.29. The van der Waals surface area contributed by atoms with Crippen LogP contribution in [0.5, 0.6) is 0 Å². The highest BCUT2D eigenvalue weighted by Gasteiger charge is 2.23. The summed E-state index contributed by atoms with van der Waals surface area (Å²) in [5.41, 5.74) is 0.910. The Morgan fingerprint density at radius 2 is 2.00 bits per heavy atom. The van der Waals surface area contributed by atoms with Crippen molar-refractivity contribution in [2.75, 3.05) is 32.7 Å². The van der Waals surface area contributed by atoms with E-state index < -0.39 is 5.60 Å². The van der Waals surface area contributed by atoms with Gasteiger partial charge >= 0.3 is 6.09 Å². The molecule has 0 aromatic heterocycles. The third-order valence-corrected chi connectivity index (χ3v) is 4.55. The highest BCUT2D eigenvalue weighted by molar-refractivity contribution is 5.67. The molecule has 0 bridgehead atoms. The van der Waals surface area contributed by atoms with Crippen LogP contribution < -0.4 is 10.6 Å². The summed E-state index contributed by atoms with van der Waals surface area (Å²) in [4.78, 5) is 14.2. The fraction of sp³-hybridized carbons (Fsp3) is 0.667. The number of amides is 1. The van der Waals surface area contributed by atoms with E-state index in [9.17, 15) is 4.79 Å². The number of benzene rings is 1. The van der Waals surface area contributed by atoms with Crippen molar-refractivity contribution in [3.8, 4) is 0 Å². The first kappa shape index (κ1) is 20.7. The predicted octanol–water partition coefficient (Wildman–Crippen LogP) is 3.40. The van der Waals surface area contributed by atoms with Crippen LogP contribution in [0.3, 0.4) is 0 Å². The van der Waals surface area contributed by atoms with Crippen molar-refractivity contribution < 1.29 is 9.53 Å². The molecule has 5 nitrogen and oxygen atoms in total. The molecule has 5 heteroatoms. The fourth-order valence-corrected chi connectivity index (χ4v) is 3.24. The van der Waals surface area contributed by atoms with Crippen LogP contribution in [-0.2, 0) is 11.3 Å². The van der Waals surface area contributed by atoms with Gasteiger partial charge in [0, 0.05) is 19.6 Å². The molecule has 1 aliphatic rings.